The average molecular weight is 260 g/mol. The molecule has 1 unspecified atom stereocenters. The largest absolute Gasteiger partial charge is 0.399 e. The van der Waals surface area contributed by atoms with Gasteiger partial charge in [-0.05, 0) is 35.1 Å². The van der Waals surface area contributed by atoms with Gasteiger partial charge in [-0.25, -0.2) is 0 Å². The molecule has 0 radical (unpaired) electrons. The van der Waals surface area contributed by atoms with E-state index in [-0.39, 0.29) is 11.3 Å². The molecule has 3 N–H and O–H groups in total. The highest BCUT2D eigenvalue weighted by Crippen LogP contribution is 2.24. The summed E-state index contributed by atoms with van der Waals surface area (Å²) in [4.78, 5) is 11.7. The molecule has 3 nitrogen and oxygen atoms in total. The van der Waals surface area contributed by atoms with E-state index >= 15 is 0 Å². The van der Waals surface area contributed by atoms with E-state index in [0.717, 1.165) is 11.3 Å². The number of nitrogens with one attached hydrogen (secondary N) is 1. The van der Waals surface area contributed by atoms with Gasteiger partial charge in [0.2, 0.25) is 5.91 Å². The Balaban J connectivity index is 2.45. The Kier molecular flexibility index (Phi) is 5.16. The summed E-state index contributed by atoms with van der Waals surface area (Å²) in [7, 11) is 0. The number of hydrogen-bond acceptors (Lipinski definition) is 2. The second-order valence-electron chi connectivity index (χ2n) is 6.01. The van der Waals surface area contributed by atoms with Crippen molar-refractivity contribution in [3.63, 3.8) is 0 Å². The maximum Gasteiger partial charge on any atom is 0.244 e. The number of anilines is 1. The topological polar surface area (TPSA) is 55.1 Å². The number of nitrogen functional groups attached to an aromatic ring is 1. The summed E-state index contributed by atoms with van der Waals surface area (Å²) in [6.07, 6.45) is 3.34. The maximum absolute atomic E-state index is 11.7. The van der Waals surface area contributed by atoms with Crippen LogP contribution in [0.5, 0.6) is 0 Å². The number of hydrogen-bond donors (Lipinski definition) is 2. The van der Waals surface area contributed by atoms with Gasteiger partial charge in [-0.2, -0.15) is 0 Å². The first-order valence-electron chi connectivity index (χ1n) is 6.60. The van der Waals surface area contributed by atoms with Crippen LogP contribution in [0.1, 0.15) is 33.3 Å². The highest BCUT2D eigenvalue weighted by Gasteiger charge is 2.19. The quantitative estimate of drug-likeness (QED) is 0.645. The molecule has 0 bridgehead atoms. The molecule has 0 spiro atoms. The first-order valence-corrected chi connectivity index (χ1v) is 6.60. The first kappa shape index (κ1) is 15.3. The molecule has 1 amide bonds. The van der Waals surface area contributed by atoms with Gasteiger partial charge in [0.1, 0.15) is 0 Å². The Bertz CT molecular complexity index is 441. The predicted molar refractivity (Wildman–Crippen MR) is 81.5 cm³/mol. The minimum Gasteiger partial charge on any atom is -0.399 e. The Morgan fingerprint density at radius 3 is 2.42 bits per heavy atom. The van der Waals surface area contributed by atoms with Crippen molar-refractivity contribution in [1.29, 1.82) is 0 Å². The zero-order valence-electron chi connectivity index (χ0n) is 12.2. The average Bonchev–Trinajstić information content (AvgIpc) is 2.34. The summed E-state index contributed by atoms with van der Waals surface area (Å²) >= 11 is 0. The number of nitrogens with two attached hydrogens (primary N) is 1. The fourth-order valence-electron chi connectivity index (χ4n) is 1.40. The van der Waals surface area contributed by atoms with E-state index in [4.69, 9.17) is 5.73 Å². The summed E-state index contributed by atoms with van der Waals surface area (Å²) in [6, 6.07) is 7.41. The minimum absolute atomic E-state index is 0.0621. The molecule has 0 saturated carbocycles. The third-order valence-electron chi connectivity index (χ3n) is 3.42. The highest BCUT2D eigenvalue weighted by molar-refractivity contribution is 5.91. The van der Waals surface area contributed by atoms with Crippen LogP contribution >= 0.6 is 0 Å². The molecule has 1 rings (SSSR count). The molecule has 19 heavy (non-hydrogen) atoms. The van der Waals surface area contributed by atoms with Crippen LogP contribution in [0.25, 0.3) is 6.08 Å². The minimum atomic E-state index is -0.0621. The maximum atomic E-state index is 11.7. The van der Waals surface area contributed by atoms with Crippen LogP contribution < -0.4 is 11.1 Å². The van der Waals surface area contributed by atoms with Crippen molar-refractivity contribution in [2.75, 3.05) is 12.3 Å². The fourth-order valence-corrected chi connectivity index (χ4v) is 1.40. The van der Waals surface area contributed by atoms with Gasteiger partial charge in [0.15, 0.2) is 0 Å². The molecule has 0 fully saturated rings. The molecule has 0 saturated heterocycles. The smallest absolute Gasteiger partial charge is 0.244 e. The van der Waals surface area contributed by atoms with Gasteiger partial charge in [-0.1, -0.05) is 39.8 Å². The van der Waals surface area contributed by atoms with Gasteiger partial charge >= 0.3 is 0 Å². The lowest BCUT2D eigenvalue weighted by molar-refractivity contribution is -0.116. The number of carbonyl (C=O) groups excluding carboxylic acids is 1. The predicted octanol–water partition coefficient (Wildman–Crippen LogP) is 3.08. The van der Waals surface area contributed by atoms with E-state index in [1.54, 1.807) is 12.2 Å². The third kappa shape index (κ3) is 5.60. The normalized spacial score (nSPS) is 13.5. The number of rotatable bonds is 4. The number of carbonyl (C=O) groups is 1. The molecular formula is C16H24N2O. The first-order chi connectivity index (χ1) is 8.79. The Morgan fingerprint density at radius 2 is 1.89 bits per heavy atom. The zero-order chi connectivity index (χ0) is 14.5. The van der Waals surface area contributed by atoms with Gasteiger partial charge in [0.25, 0.3) is 0 Å². The van der Waals surface area contributed by atoms with E-state index in [1.165, 1.54) is 0 Å². The van der Waals surface area contributed by atoms with Crippen molar-refractivity contribution in [1.82, 2.24) is 5.32 Å². The summed E-state index contributed by atoms with van der Waals surface area (Å²) in [5, 5.41) is 2.92. The van der Waals surface area contributed by atoms with Gasteiger partial charge in [-0.15, -0.1) is 0 Å². The van der Waals surface area contributed by atoms with Crippen molar-refractivity contribution in [2.45, 2.75) is 27.7 Å². The SMILES string of the molecule is CC(CNC(=O)/C=C/c1ccc(N)cc1)C(C)(C)C. The molecular weight excluding hydrogens is 236 g/mol. The Hall–Kier alpha value is -1.77. The summed E-state index contributed by atoms with van der Waals surface area (Å²) in [6.45, 7) is 9.36. The fraction of sp³-hybridized carbons (Fsp3) is 0.438. The van der Waals surface area contributed by atoms with Crippen LogP contribution in [0.15, 0.2) is 30.3 Å². The highest BCUT2D eigenvalue weighted by atomic mass is 16.1. The van der Waals surface area contributed by atoms with Gasteiger partial charge < -0.3 is 11.1 Å². The van der Waals surface area contributed by atoms with Crippen molar-refractivity contribution in [3.05, 3.63) is 35.9 Å². The van der Waals surface area contributed by atoms with E-state index < -0.39 is 0 Å². The lowest BCUT2D eigenvalue weighted by Crippen LogP contribution is -2.32. The molecule has 0 aromatic heterocycles. The van der Waals surface area contributed by atoms with Gasteiger partial charge in [0.05, 0.1) is 0 Å². The van der Waals surface area contributed by atoms with Crippen LogP contribution in [0.3, 0.4) is 0 Å². The van der Waals surface area contributed by atoms with Gasteiger partial charge in [0, 0.05) is 18.3 Å². The number of benzene rings is 1. The third-order valence-corrected chi connectivity index (χ3v) is 3.42. The molecule has 0 heterocycles. The standard InChI is InChI=1S/C16H24N2O/c1-12(16(2,3)4)11-18-15(19)10-7-13-5-8-14(17)9-6-13/h5-10,12H,11,17H2,1-4H3,(H,18,19)/b10-7+. The molecule has 1 atom stereocenters. The molecule has 0 aliphatic heterocycles. The van der Waals surface area contributed by atoms with Crippen molar-refractivity contribution >= 4 is 17.7 Å². The van der Waals surface area contributed by atoms with E-state index in [2.05, 4.69) is 33.0 Å². The molecule has 0 aliphatic carbocycles. The molecule has 3 heteroatoms. The van der Waals surface area contributed by atoms with E-state index in [9.17, 15) is 4.79 Å². The lowest BCUT2D eigenvalue weighted by atomic mass is 9.82. The van der Waals surface area contributed by atoms with Crippen LogP contribution in [0.4, 0.5) is 5.69 Å². The molecule has 1 aromatic rings. The second kappa shape index (κ2) is 6.41. The van der Waals surface area contributed by atoms with Crippen molar-refractivity contribution in [3.8, 4) is 0 Å². The number of amides is 1. The molecule has 0 aliphatic rings. The zero-order valence-corrected chi connectivity index (χ0v) is 12.2. The monoisotopic (exact) mass is 260 g/mol. The Labute approximate surface area is 115 Å². The molecule has 104 valence electrons. The van der Waals surface area contributed by atoms with Crippen LogP contribution in [0, 0.1) is 11.3 Å². The second-order valence-corrected chi connectivity index (χ2v) is 6.01. The summed E-state index contributed by atoms with van der Waals surface area (Å²) < 4.78 is 0. The van der Waals surface area contributed by atoms with Crippen LogP contribution in [-0.4, -0.2) is 12.5 Å². The molecule has 1 aromatic carbocycles. The van der Waals surface area contributed by atoms with Crippen molar-refractivity contribution < 1.29 is 4.79 Å². The lowest BCUT2D eigenvalue weighted by Gasteiger charge is -2.27. The van der Waals surface area contributed by atoms with Crippen molar-refractivity contribution in [2.24, 2.45) is 11.3 Å². The summed E-state index contributed by atoms with van der Waals surface area (Å²) in [5.41, 5.74) is 7.49. The van der Waals surface area contributed by atoms with E-state index in [1.807, 2.05) is 24.3 Å². The van der Waals surface area contributed by atoms with Gasteiger partial charge in [-0.3, -0.25) is 4.79 Å². The van der Waals surface area contributed by atoms with Crippen LogP contribution in [0.2, 0.25) is 0 Å². The van der Waals surface area contributed by atoms with Crippen LogP contribution in [-0.2, 0) is 4.79 Å². The summed E-state index contributed by atoms with van der Waals surface area (Å²) in [5.74, 6) is 0.370. The van der Waals surface area contributed by atoms with E-state index in [0.29, 0.717) is 12.5 Å². The Morgan fingerprint density at radius 1 is 1.32 bits per heavy atom.